The van der Waals surface area contributed by atoms with Crippen molar-refractivity contribution >= 4 is 12.1 Å². The van der Waals surface area contributed by atoms with Gasteiger partial charge in [-0.15, -0.1) is 0 Å². The first kappa shape index (κ1) is 22.5. The fraction of sp³-hybridized carbons (Fsp3) is 0.889. The number of nitrogens with one attached hydrogen (secondary N) is 2. The van der Waals surface area contributed by atoms with Gasteiger partial charge < -0.3 is 29.7 Å². The molecule has 1 heterocycles. The lowest BCUT2D eigenvalue weighted by Crippen LogP contribution is -2.49. The van der Waals surface area contributed by atoms with Crippen LogP contribution in [0, 0.1) is 0 Å². The zero-order valence-electron chi connectivity index (χ0n) is 16.6. The van der Waals surface area contributed by atoms with E-state index in [1.165, 1.54) is 0 Å². The third-order valence-electron chi connectivity index (χ3n) is 4.10. The second kappa shape index (κ2) is 14.6. The van der Waals surface area contributed by atoms with E-state index in [0.29, 0.717) is 39.0 Å². The summed E-state index contributed by atoms with van der Waals surface area (Å²) in [5.41, 5.74) is 0. The number of carbonyl (C=O) groups is 1. The van der Waals surface area contributed by atoms with Crippen LogP contribution in [0.1, 0.15) is 39.5 Å². The smallest absolute Gasteiger partial charge is 0.409 e. The molecule has 26 heavy (non-hydrogen) atoms. The number of rotatable bonds is 11. The standard InChI is InChI=1S/C18H36N4O4/c1-4-19-17(20-10-6-7-13-25-15-14-24-3)21-16-8-11-22(12-9-16)18(23)26-5-2/h16H,4-15H2,1-3H3,(H2,19,20,21). The van der Waals surface area contributed by atoms with Crippen molar-refractivity contribution in [1.82, 2.24) is 15.5 Å². The van der Waals surface area contributed by atoms with Gasteiger partial charge >= 0.3 is 6.09 Å². The SMILES string of the molecule is CCNC(=NCCCCOCCOC)NC1CCN(C(=O)OCC)CC1. The van der Waals surface area contributed by atoms with Gasteiger partial charge in [-0.05, 0) is 39.5 Å². The molecule has 1 aliphatic rings. The number of nitrogens with zero attached hydrogens (tertiary/aromatic N) is 2. The molecule has 0 bridgehead atoms. The number of methoxy groups -OCH3 is 1. The maximum Gasteiger partial charge on any atom is 0.409 e. The van der Waals surface area contributed by atoms with Gasteiger partial charge in [0.15, 0.2) is 5.96 Å². The number of hydrogen-bond acceptors (Lipinski definition) is 5. The summed E-state index contributed by atoms with van der Waals surface area (Å²) >= 11 is 0. The summed E-state index contributed by atoms with van der Waals surface area (Å²) in [4.78, 5) is 18.2. The molecule has 152 valence electrons. The largest absolute Gasteiger partial charge is 0.450 e. The molecule has 0 aromatic heterocycles. The number of guanidine groups is 1. The molecule has 0 spiro atoms. The van der Waals surface area contributed by atoms with Crippen LogP contribution < -0.4 is 10.6 Å². The Hall–Kier alpha value is -1.54. The first-order chi connectivity index (χ1) is 12.7. The number of ether oxygens (including phenoxy) is 3. The van der Waals surface area contributed by atoms with E-state index < -0.39 is 0 Å². The second-order valence-electron chi connectivity index (χ2n) is 6.18. The molecule has 0 saturated carbocycles. The van der Waals surface area contributed by atoms with Crippen LogP contribution in [0.15, 0.2) is 4.99 Å². The van der Waals surface area contributed by atoms with E-state index in [2.05, 4.69) is 22.5 Å². The number of likely N-dealkylation sites (tertiary alicyclic amines) is 1. The van der Waals surface area contributed by atoms with Gasteiger partial charge in [0, 0.05) is 45.9 Å². The summed E-state index contributed by atoms with van der Waals surface area (Å²) in [5.74, 6) is 0.849. The van der Waals surface area contributed by atoms with Crippen LogP contribution in [0.5, 0.6) is 0 Å². The topological polar surface area (TPSA) is 84.4 Å². The zero-order valence-corrected chi connectivity index (χ0v) is 16.6. The monoisotopic (exact) mass is 372 g/mol. The molecular formula is C18H36N4O4. The highest BCUT2D eigenvalue weighted by Gasteiger charge is 2.23. The van der Waals surface area contributed by atoms with Crippen molar-refractivity contribution in [2.45, 2.75) is 45.6 Å². The van der Waals surface area contributed by atoms with Crippen LogP contribution >= 0.6 is 0 Å². The summed E-state index contributed by atoms with van der Waals surface area (Å²) in [6.45, 7) is 9.37. The van der Waals surface area contributed by atoms with Crippen molar-refractivity contribution < 1.29 is 19.0 Å². The quantitative estimate of drug-likeness (QED) is 0.326. The summed E-state index contributed by atoms with van der Waals surface area (Å²) < 4.78 is 15.4. The molecule has 0 aliphatic carbocycles. The lowest BCUT2D eigenvalue weighted by atomic mass is 10.1. The van der Waals surface area contributed by atoms with E-state index in [9.17, 15) is 4.79 Å². The van der Waals surface area contributed by atoms with Gasteiger partial charge in [-0.1, -0.05) is 0 Å². The number of aliphatic imine (C=N–C) groups is 1. The molecule has 0 aromatic rings. The van der Waals surface area contributed by atoms with Gasteiger partial charge in [-0.2, -0.15) is 0 Å². The van der Waals surface area contributed by atoms with Crippen molar-refractivity contribution in [2.75, 3.05) is 59.7 Å². The summed E-state index contributed by atoms with van der Waals surface area (Å²) in [5, 5.41) is 6.77. The maximum atomic E-state index is 11.7. The predicted octanol–water partition coefficient (Wildman–Crippen LogP) is 1.61. The fourth-order valence-electron chi connectivity index (χ4n) is 2.69. The number of unbranched alkanes of at least 4 members (excludes halogenated alkanes) is 1. The maximum absolute atomic E-state index is 11.7. The van der Waals surface area contributed by atoms with Crippen LogP contribution in [0.2, 0.25) is 0 Å². The van der Waals surface area contributed by atoms with Crippen LogP contribution in [0.3, 0.4) is 0 Å². The lowest BCUT2D eigenvalue weighted by Gasteiger charge is -2.32. The zero-order chi connectivity index (χ0) is 19.0. The Bertz CT molecular complexity index is 399. The number of amides is 1. The molecule has 0 unspecified atom stereocenters. The van der Waals surface area contributed by atoms with Crippen molar-refractivity contribution in [2.24, 2.45) is 4.99 Å². The van der Waals surface area contributed by atoms with Crippen LogP contribution in [-0.2, 0) is 14.2 Å². The van der Waals surface area contributed by atoms with Gasteiger partial charge in [0.2, 0.25) is 0 Å². The van der Waals surface area contributed by atoms with Gasteiger partial charge in [0.25, 0.3) is 0 Å². The van der Waals surface area contributed by atoms with E-state index >= 15 is 0 Å². The highest BCUT2D eigenvalue weighted by Crippen LogP contribution is 2.11. The van der Waals surface area contributed by atoms with Crippen LogP contribution in [0.25, 0.3) is 0 Å². The molecule has 0 aromatic carbocycles. The molecule has 1 amide bonds. The summed E-state index contributed by atoms with van der Waals surface area (Å²) in [7, 11) is 1.67. The van der Waals surface area contributed by atoms with Crippen LogP contribution in [-0.4, -0.2) is 82.7 Å². The summed E-state index contributed by atoms with van der Waals surface area (Å²) in [6.07, 6.45) is 3.57. The molecule has 0 radical (unpaired) electrons. The summed E-state index contributed by atoms with van der Waals surface area (Å²) in [6, 6.07) is 0.329. The molecule has 8 heteroatoms. The van der Waals surface area contributed by atoms with E-state index in [-0.39, 0.29) is 6.09 Å². The van der Waals surface area contributed by atoms with Crippen LogP contribution in [0.4, 0.5) is 4.79 Å². The minimum Gasteiger partial charge on any atom is -0.450 e. The van der Waals surface area contributed by atoms with Gasteiger partial charge in [0.1, 0.15) is 0 Å². The molecule has 1 saturated heterocycles. The molecule has 1 fully saturated rings. The van der Waals surface area contributed by atoms with E-state index in [1.54, 1.807) is 12.0 Å². The molecule has 0 atom stereocenters. The fourth-order valence-corrected chi connectivity index (χ4v) is 2.69. The van der Waals surface area contributed by atoms with Gasteiger partial charge in [-0.25, -0.2) is 4.79 Å². The van der Waals surface area contributed by atoms with Crippen molar-refractivity contribution in [1.29, 1.82) is 0 Å². The third-order valence-corrected chi connectivity index (χ3v) is 4.10. The Kier molecular flexibility index (Phi) is 12.6. The number of hydrogen-bond donors (Lipinski definition) is 2. The average molecular weight is 373 g/mol. The normalized spacial score (nSPS) is 15.8. The third kappa shape index (κ3) is 9.82. The Morgan fingerprint density at radius 2 is 1.92 bits per heavy atom. The lowest BCUT2D eigenvalue weighted by molar-refractivity contribution is 0.0690. The van der Waals surface area contributed by atoms with Crippen molar-refractivity contribution in [3.63, 3.8) is 0 Å². The molecular weight excluding hydrogens is 336 g/mol. The van der Waals surface area contributed by atoms with E-state index in [1.807, 2.05) is 6.92 Å². The Labute approximate surface area is 157 Å². The minimum absolute atomic E-state index is 0.209. The molecule has 8 nitrogen and oxygen atoms in total. The second-order valence-corrected chi connectivity index (χ2v) is 6.18. The first-order valence-electron chi connectivity index (χ1n) is 9.74. The van der Waals surface area contributed by atoms with Gasteiger partial charge in [0.05, 0.1) is 19.8 Å². The number of piperidine rings is 1. The van der Waals surface area contributed by atoms with E-state index in [4.69, 9.17) is 14.2 Å². The Morgan fingerprint density at radius 3 is 2.58 bits per heavy atom. The van der Waals surface area contributed by atoms with Crippen molar-refractivity contribution in [3.05, 3.63) is 0 Å². The number of carbonyl (C=O) groups excluding carboxylic acids is 1. The average Bonchev–Trinajstić information content (AvgIpc) is 2.65. The Morgan fingerprint density at radius 1 is 1.15 bits per heavy atom. The van der Waals surface area contributed by atoms with Crippen molar-refractivity contribution in [3.8, 4) is 0 Å². The Balaban J connectivity index is 2.24. The minimum atomic E-state index is -0.209. The van der Waals surface area contributed by atoms with Gasteiger partial charge in [-0.3, -0.25) is 4.99 Å². The van der Waals surface area contributed by atoms with E-state index in [0.717, 1.165) is 51.3 Å². The predicted molar refractivity (Wildman–Crippen MR) is 103 cm³/mol. The first-order valence-corrected chi connectivity index (χ1v) is 9.74. The molecule has 1 aliphatic heterocycles. The molecule has 1 rings (SSSR count). The molecule has 2 N–H and O–H groups in total. The highest BCUT2D eigenvalue weighted by atomic mass is 16.6. The highest BCUT2D eigenvalue weighted by molar-refractivity contribution is 5.80.